The zero-order chi connectivity index (χ0) is 14.8. The quantitative estimate of drug-likeness (QED) is 0.750. The average molecular weight is 368 g/mol. The van der Waals surface area contributed by atoms with Crippen LogP contribution in [-0.2, 0) is 13.0 Å². The average Bonchev–Trinajstić information content (AvgIpc) is 2.93. The largest absolute Gasteiger partial charge is 0.493 e. The highest BCUT2D eigenvalue weighted by Gasteiger charge is 2.18. The van der Waals surface area contributed by atoms with E-state index in [0.29, 0.717) is 35.8 Å². The maximum Gasteiger partial charge on any atom is 0.155 e. The minimum absolute atomic E-state index is 0.322. The highest BCUT2D eigenvalue weighted by molar-refractivity contribution is 9.10. The van der Waals surface area contributed by atoms with Crippen molar-refractivity contribution >= 4 is 33.8 Å². The maximum absolute atomic E-state index is 11.1. The highest BCUT2D eigenvalue weighted by Crippen LogP contribution is 2.34. The molecule has 1 aliphatic heterocycles. The van der Waals surface area contributed by atoms with Crippen LogP contribution in [0.5, 0.6) is 11.5 Å². The van der Waals surface area contributed by atoms with Gasteiger partial charge < -0.3 is 9.47 Å². The Balaban J connectivity index is 1.86. The number of aldehydes is 1. The van der Waals surface area contributed by atoms with E-state index in [1.165, 1.54) is 5.56 Å². The summed E-state index contributed by atoms with van der Waals surface area (Å²) in [6.07, 6.45) is 1.61. The summed E-state index contributed by atoms with van der Waals surface area (Å²) in [4.78, 5) is 11.1. The zero-order valence-electron chi connectivity index (χ0n) is 11.1. The van der Waals surface area contributed by atoms with Gasteiger partial charge in [0.1, 0.15) is 18.1 Å². The van der Waals surface area contributed by atoms with E-state index in [9.17, 15) is 4.79 Å². The first-order valence-electron chi connectivity index (χ1n) is 6.49. The standard InChI is InChI=1S/C16H12BrClO3/c17-12-6-10-4-5-20-16(10)11(7-12)9-21-15-3-1-2-14(18)13(15)8-19/h1-3,6-8H,4-5,9H2. The van der Waals surface area contributed by atoms with Gasteiger partial charge in [-0.25, -0.2) is 0 Å². The number of halogens is 2. The SMILES string of the molecule is O=Cc1c(Cl)cccc1OCc1cc(Br)cc2c1OCC2. The number of hydrogen-bond acceptors (Lipinski definition) is 3. The van der Waals surface area contributed by atoms with Gasteiger partial charge in [0.25, 0.3) is 0 Å². The summed E-state index contributed by atoms with van der Waals surface area (Å²) >= 11 is 9.48. The lowest BCUT2D eigenvalue weighted by Gasteiger charge is -2.12. The van der Waals surface area contributed by atoms with Crippen LogP contribution in [0.2, 0.25) is 5.02 Å². The third-order valence-electron chi connectivity index (χ3n) is 3.34. The van der Waals surface area contributed by atoms with Gasteiger partial charge in [0.05, 0.1) is 17.2 Å². The lowest BCUT2D eigenvalue weighted by Crippen LogP contribution is -2.01. The summed E-state index contributed by atoms with van der Waals surface area (Å²) in [5, 5.41) is 0.387. The van der Waals surface area contributed by atoms with Crippen LogP contribution >= 0.6 is 27.5 Å². The van der Waals surface area contributed by atoms with E-state index in [4.69, 9.17) is 21.1 Å². The molecule has 0 unspecified atom stereocenters. The molecule has 0 aromatic heterocycles. The van der Waals surface area contributed by atoms with Crippen molar-refractivity contribution in [2.24, 2.45) is 0 Å². The summed E-state index contributed by atoms with van der Waals surface area (Å²) in [6.45, 7) is 1.01. The fourth-order valence-corrected chi connectivity index (χ4v) is 3.13. The van der Waals surface area contributed by atoms with Gasteiger partial charge in [-0.3, -0.25) is 4.79 Å². The van der Waals surface area contributed by atoms with E-state index < -0.39 is 0 Å². The van der Waals surface area contributed by atoms with Crippen LogP contribution in [0.3, 0.4) is 0 Å². The van der Waals surface area contributed by atoms with Crippen LogP contribution in [0.4, 0.5) is 0 Å². The molecule has 0 amide bonds. The van der Waals surface area contributed by atoms with E-state index in [-0.39, 0.29) is 0 Å². The van der Waals surface area contributed by atoms with Crippen molar-refractivity contribution < 1.29 is 14.3 Å². The van der Waals surface area contributed by atoms with E-state index >= 15 is 0 Å². The molecule has 2 aromatic carbocycles. The van der Waals surface area contributed by atoms with Crippen LogP contribution < -0.4 is 9.47 Å². The van der Waals surface area contributed by atoms with Crippen molar-refractivity contribution in [2.75, 3.05) is 6.61 Å². The van der Waals surface area contributed by atoms with Gasteiger partial charge in [-0.1, -0.05) is 33.6 Å². The first-order chi connectivity index (χ1) is 10.2. The van der Waals surface area contributed by atoms with Crippen molar-refractivity contribution in [1.29, 1.82) is 0 Å². The molecule has 5 heteroatoms. The zero-order valence-corrected chi connectivity index (χ0v) is 13.4. The number of ether oxygens (including phenoxy) is 2. The minimum Gasteiger partial charge on any atom is -0.493 e. The molecular weight excluding hydrogens is 356 g/mol. The molecule has 0 bridgehead atoms. The smallest absolute Gasteiger partial charge is 0.155 e. The van der Waals surface area contributed by atoms with Crippen molar-refractivity contribution in [3.63, 3.8) is 0 Å². The van der Waals surface area contributed by atoms with Gasteiger partial charge in [0.15, 0.2) is 6.29 Å². The Hall–Kier alpha value is -1.52. The Morgan fingerprint density at radius 2 is 2.24 bits per heavy atom. The molecule has 0 spiro atoms. The lowest BCUT2D eigenvalue weighted by molar-refractivity contribution is 0.111. The Morgan fingerprint density at radius 3 is 3.05 bits per heavy atom. The number of rotatable bonds is 4. The second-order valence-corrected chi connectivity index (χ2v) is 6.03. The molecule has 1 aliphatic rings. The normalized spacial score (nSPS) is 12.7. The Morgan fingerprint density at radius 1 is 1.38 bits per heavy atom. The molecule has 0 atom stereocenters. The van der Waals surface area contributed by atoms with E-state index in [2.05, 4.69) is 22.0 Å². The minimum atomic E-state index is 0.322. The lowest BCUT2D eigenvalue weighted by atomic mass is 10.1. The number of fused-ring (bicyclic) bond motifs is 1. The fourth-order valence-electron chi connectivity index (χ4n) is 2.37. The molecule has 2 aromatic rings. The van der Waals surface area contributed by atoms with Gasteiger partial charge in [0, 0.05) is 16.5 Å². The number of hydrogen-bond donors (Lipinski definition) is 0. The summed E-state index contributed by atoms with van der Waals surface area (Å²) < 4.78 is 12.4. The van der Waals surface area contributed by atoms with Gasteiger partial charge in [-0.15, -0.1) is 0 Å². The molecule has 0 fully saturated rings. The molecule has 0 N–H and O–H groups in total. The monoisotopic (exact) mass is 366 g/mol. The molecule has 0 aliphatic carbocycles. The topological polar surface area (TPSA) is 35.5 Å². The molecule has 21 heavy (non-hydrogen) atoms. The molecule has 0 saturated carbocycles. The third-order valence-corrected chi connectivity index (χ3v) is 4.13. The summed E-state index contributed by atoms with van der Waals surface area (Å²) in [7, 11) is 0. The Kier molecular flexibility index (Phi) is 4.17. The molecule has 3 rings (SSSR count). The fraction of sp³-hybridized carbons (Fsp3) is 0.188. The van der Waals surface area contributed by atoms with Gasteiger partial charge in [0.2, 0.25) is 0 Å². The first kappa shape index (κ1) is 14.4. The Labute approximate surface area is 136 Å². The predicted octanol–water partition coefficient (Wildman–Crippen LogP) is 4.43. The van der Waals surface area contributed by atoms with Crippen LogP contribution in [0.15, 0.2) is 34.8 Å². The van der Waals surface area contributed by atoms with Gasteiger partial charge >= 0.3 is 0 Å². The van der Waals surface area contributed by atoms with Crippen molar-refractivity contribution in [2.45, 2.75) is 13.0 Å². The van der Waals surface area contributed by atoms with Gasteiger partial charge in [-0.2, -0.15) is 0 Å². The van der Waals surface area contributed by atoms with Crippen molar-refractivity contribution in [1.82, 2.24) is 0 Å². The van der Waals surface area contributed by atoms with Crippen molar-refractivity contribution in [3.05, 3.63) is 56.5 Å². The number of carbonyl (C=O) groups excluding carboxylic acids is 1. The molecule has 1 heterocycles. The second kappa shape index (κ2) is 6.08. The van der Waals surface area contributed by atoms with Crippen molar-refractivity contribution in [3.8, 4) is 11.5 Å². The predicted molar refractivity (Wildman–Crippen MR) is 84.5 cm³/mol. The van der Waals surface area contributed by atoms with E-state index in [1.54, 1.807) is 18.2 Å². The molecule has 3 nitrogen and oxygen atoms in total. The van der Waals surface area contributed by atoms with E-state index in [1.807, 2.05) is 6.07 Å². The van der Waals surface area contributed by atoms with Crippen LogP contribution in [0.1, 0.15) is 21.5 Å². The van der Waals surface area contributed by atoms with Crippen LogP contribution in [-0.4, -0.2) is 12.9 Å². The van der Waals surface area contributed by atoms with Crippen LogP contribution in [0.25, 0.3) is 0 Å². The summed E-state index contributed by atoms with van der Waals surface area (Å²) in [5.41, 5.74) is 2.49. The highest BCUT2D eigenvalue weighted by atomic mass is 79.9. The first-order valence-corrected chi connectivity index (χ1v) is 7.66. The summed E-state index contributed by atoms with van der Waals surface area (Å²) in [6, 6.07) is 9.18. The van der Waals surface area contributed by atoms with Gasteiger partial charge in [-0.05, 0) is 29.8 Å². The Bertz CT molecular complexity index is 700. The van der Waals surface area contributed by atoms with E-state index in [0.717, 1.165) is 22.2 Å². The summed E-state index contributed by atoms with van der Waals surface area (Å²) in [5.74, 6) is 1.36. The molecule has 0 radical (unpaired) electrons. The second-order valence-electron chi connectivity index (χ2n) is 4.71. The maximum atomic E-state index is 11.1. The molecule has 0 saturated heterocycles. The van der Waals surface area contributed by atoms with Crippen LogP contribution in [0, 0.1) is 0 Å². The molecular formula is C16H12BrClO3. The third kappa shape index (κ3) is 2.92. The number of benzene rings is 2. The molecule has 108 valence electrons. The number of carbonyl (C=O) groups is 1.